The Kier molecular flexibility index (Phi) is 4.93. The van der Waals surface area contributed by atoms with Crippen molar-refractivity contribution in [2.45, 2.75) is 57.9 Å². The Morgan fingerprint density at radius 2 is 2.16 bits per heavy atom. The SMILES string of the molecule is CC(N[S@@+]([O-])C(C)(C)C)c1cn(CC2(C#N)CC2)c2nc(Br)ccc12. The minimum atomic E-state index is -1.16. The fraction of sp³-hybridized carbons (Fsp3) is 0.556. The molecule has 2 aromatic heterocycles. The van der Waals surface area contributed by atoms with E-state index in [-0.39, 0.29) is 16.2 Å². The quantitative estimate of drug-likeness (QED) is 0.577. The van der Waals surface area contributed by atoms with Gasteiger partial charge in [0.2, 0.25) is 0 Å². The molecule has 0 aromatic carbocycles. The number of nitriles is 1. The average molecular weight is 423 g/mol. The van der Waals surface area contributed by atoms with Crippen LogP contribution in [0.5, 0.6) is 0 Å². The van der Waals surface area contributed by atoms with Crippen molar-refractivity contribution in [3.8, 4) is 6.07 Å². The first-order chi connectivity index (χ1) is 11.6. The third kappa shape index (κ3) is 3.87. The maximum absolute atomic E-state index is 12.5. The summed E-state index contributed by atoms with van der Waals surface area (Å²) in [7, 11) is 0. The first-order valence-electron chi connectivity index (χ1n) is 8.40. The largest absolute Gasteiger partial charge is 0.598 e. The number of halogens is 1. The van der Waals surface area contributed by atoms with Gasteiger partial charge in [0, 0.05) is 35.1 Å². The maximum atomic E-state index is 12.5. The van der Waals surface area contributed by atoms with Crippen molar-refractivity contribution < 1.29 is 4.55 Å². The second-order valence-electron chi connectivity index (χ2n) is 7.83. The van der Waals surface area contributed by atoms with Gasteiger partial charge in [0.25, 0.3) is 0 Å². The van der Waals surface area contributed by atoms with Crippen LogP contribution in [0.25, 0.3) is 11.0 Å². The first-order valence-corrected chi connectivity index (χ1v) is 10.3. The molecule has 0 bridgehead atoms. The van der Waals surface area contributed by atoms with Gasteiger partial charge in [-0.2, -0.15) is 5.26 Å². The molecule has 5 nitrogen and oxygen atoms in total. The van der Waals surface area contributed by atoms with Gasteiger partial charge < -0.3 is 9.12 Å². The van der Waals surface area contributed by atoms with Crippen LogP contribution >= 0.6 is 15.9 Å². The van der Waals surface area contributed by atoms with Crippen molar-refractivity contribution in [3.05, 3.63) is 28.5 Å². The van der Waals surface area contributed by atoms with E-state index in [4.69, 9.17) is 0 Å². The van der Waals surface area contributed by atoms with Crippen LogP contribution in [0.4, 0.5) is 0 Å². The molecule has 3 rings (SSSR count). The van der Waals surface area contributed by atoms with Crippen LogP contribution in [-0.4, -0.2) is 18.9 Å². The predicted octanol–water partition coefficient (Wildman–Crippen LogP) is 4.22. The van der Waals surface area contributed by atoms with E-state index in [9.17, 15) is 9.81 Å². The molecule has 1 fully saturated rings. The van der Waals surface area contributed by atoms with E-state index in [1.165, 1.54) is 0 Å². The third-order valence-electron chi connectivity index (χ3n) is 4.59. The summed E-state index contributed by atoms with van der Waals surface area (Å²) in [5, 5.41) is 10.5. The third-order valence-corrected chi connectivity index (χ3v) is 6.71. The summed E-state index contributed by atoms with van der Waals surface area (Å²) >= 11 is 2.28. The lowest BCUT2D eigenvalue weighted by Gasteiger charge is -2.26. The van der Waals surface area contributed by atoms with Gasteiger partial charge in [-0.05, 0) is 68.6 Å². The highest BCUT2D eigenvalue weighted by Crippen LogP contribution is 2.47. The van der Waals surface area contributed by atoms with Crippen LogP contribution < -0.4 is 4.72 Å². The van der Waals surface area contributed by atoms with Gasteiger partial charge in [0.05, 0.1) is 17.5 Å². The summed E-state index contributed by atoms with van der Waals surface area (Å²) in [5.41, 5.74) is 1.67. The first kappa shape index (κ1) is 18.7. The number of nitrogens with one attached hydrogen (secondary N) is 1. The molecule has 0 radical (unpaired) electrons. The Morgan fingerprint density at radius 3 is 2.72 bits per heavy atom. The Labute approximate surface area is 160 Å². The van der Waals surface area contributed by atoms with Crippen LogP contribution in [-0.2, 0) is 17.9 Å². The Morgan fingerprint density at radius 1 is 1.48 bits per heavy atom. The molecule has 0 amide bonds. The normalized spacial score (nSPS) is 18.8. The van der Waals surface area contributed by atoms with Gasteiger partial charge in [-0.15, -0.1) is 4.72 Å². The molecule has 1 N–H and O–H groups in total. The zero-order chi connectivity index (χ0) is 18.4. The molecule has 0 aliphatic heterocycles. The van der Waals surface area contributed by atoms with Crippen LogP contribution in [0, 0.1) is 16.7 Å². The van der Waals surface area contributed by atoms with Crippen molar-refractivity contribution in [3.63, 3.8) is 0 Å². The summed E-state index contributed by atoms with van der Waals surface area (Å²) in [4.78, 5) is 4.62. The van der Waals surface area contributed by atoms with E-state index in [1.807, 2.05) is 39.8 Å². The minimum Gasteiger partial charge on any atom is -0.598 e. The highest BCUT2D eigenvalue weighted by Gasteiger charge is 2.44. The Balaban J connectivity index is 1.97. The number of hydrogen-bond donors (Lipinski definition) is 1. The molecule has 134 valence electrons. The summed E-state index contributed by atoms with van der Waals surface area (Å²) < 4.78 is 18.2. The van der Waals surface area contributed by atoms with E-state index in [1.54, 1.807) is 0 Å². The fourth-order valence-corrected chi connectivity index (χ4v) is 3.92. The van der Waals surface area contributed by atoms with Crippen LogP contribution in [0.1, 0.15) is 52.1 Å². The molecule has 1 aliphatic rings. The lowest BCUT2D eigenvalue weighted by molar-refractivity contribution is 0.526. The maximum Gasteiger partial charge on any atom is 0.141 e. The summed E-state index contributed by atoms with van der Waals surface area (Å²) in [5.74, 6) is 0. The van der Waals surface area contributed by atoms with E-state index < -0.39 is 11.4 Å². The van der Waals surface area contributed by atoms with Crippen molar-refractivity contribution in [2.75, 3.05) is 0 Å². The highest BCUT2D eigenvalue weighted by atomic mass is 79.9. The van der Waals surface area contributed by atoms with Gasteiger partial charge in [0.15, 0.2) is 0 Å². The Bertz CT molecular complexity index is 832. The molecule has 2 heterocycles. The van der Waals surface area contributed by atoms with Gasteiger partial charge in [-0.1, -0.05) is 0 Å². The second-order valence-corrected chi connectivity index (χ2v) is 10.6. The van der Waals surface area contributed by atoms with Crippen molar-refractivity contribution in [2.24, 2.45) is 5.41 Å². The summed E-state index contributed by atoms with van der Waals surface area (Å²) in [6.45, 7) is 8.53. The molecule has 0 spiro atoms. The molecule has 7 heteroatoms. The monoisotopic (exact) mass is 422 g/mol. The van der Waals surface area contributed by atoms with Crippen molar-refractivity contribution in [1.82, 2.24) is 14.3 Å². The smallest absolute Gasteiger partial charge is 0.141 e. The molecule has 2 aromatic rings. The molecule has 0 saturated heterocycles. The van der Waals surface area contributed by atoms with E-state index >= 15 is 0 Å². The van der Waals surface area contributed by atoms with E-state index in [0.717, 1.165) is 34.0 Å². The number of hydrogen-bond acceptors (Lipinski definition) is 4. The molecule has 1 saturated carbocycles. The summed E-state index contributed by atoms with van der Waals surface area (Å²) in [6.07, 6.45) is 3.93. The second kappa shape index (κ2) is 6.58. The van der Waals surface area contributed by atoms with Gasteiger partial charge >= 0.3 is 0 Å². The molecule has 1 unspecified atom stereocenters. The average Bonchev–Trinajstić information content (AvgIpc) is 3.22. The lowest BCUT2D eigenvalue weighted by Crippen LogP contribution is -2.40. The molecule has 1 aliphatic carbocycles. The van der Waals surface area contributed by atoms with E-state index in [0.29, 0.717) is 6.54 Å². The number of nitrogens with zero attached hydrogens (tertiary/aromatic N) is 3. The zero-order valence-corrected chi connectivity index (χ0v) is 17.4. The van der Waals surface area contributed by atoms with Gasteiger partial charge in [0.1, 0.15) is 15.0 Å². The summed E-state index contributed by atoms with van der Waals surface area (Å²) in [6, 6.07) is 6.31. The standard InChI is InChI=1S/C18H23BrN4OS/c1-12(22-25(24)17(2,3)4)14-9-23(11-18(10-20)7-8-18)16-13(14)5-6-15(19)21-16/h5-6,9,12,22H,7-8,11H2,1-4H3/t12?,25-/m0/s1. The number of rotatable bonds is 5. The van der Waals surface area contributed by atoms with Gasteiger partial charge in [-0.25, -0.2) is 4.98 Å². The van der Waals surface area contributed by atoms with Crippen molar-refractivity contribution in [1.29, 1.82) is 5.26 Å². The van der Waals surface area contributed by atoms with Crippen LogP contribution in [0.3, 0.4) is 0 Å². The number of pyridine rings is 1. The fourth-order valence-electron chi connectivity index (χ4n) is 2.82. The van der Waals surface area contributed by atoms with E-state index in [2.05, 4.69) is 42.5 Å². The lowest BCUT2D eigenvalue weighted by atomic mass is 10.1. The van der Waals surface area contributed by atoms with Crippen LogP contribution in [0.15, 0.2) is 22.9 Å². The molecular weight excluding hydrogens is 400 g/mol. The Hall–Kier alpha value is -1.07. The topological polar surface area (TPSA) is 76.7 Å². The van der Waals surface area contributed by atoms with Crippen molar-refractivity contribution >= 4 is 38.3 Å². The number of fused-ring (bicyclic) bond motifs is 1. The van der Waals surface area contributed by atoms with Gasteiger partial charge in [-0.3, -0.25) is 0 Å². The molecule has 25 heavy (non-hydrogen) atoms. The molecular formula is C18H23BrN4OS. The number of aromatic nitrogens is 2. The highest BCUT2D eigenvalue weighted by molar-refractivity contribution is 9.10. The predicted molar refractivity (Wildman–Crippen MR) is 104 cm³/mol. The zero-order valence-electron chi connectivity index (χ0n) is 15.0. The minimum absolute atomic E-state index is 0.0796. The van der Waals surface area contributed by atoms with Crippen LogP contribution in [0.2, 0.25) is 0 Å². The molecule has 2 atom stereocenters.